The van der Waals surface area contributed by atoms with Crippen molar-refractivity contribution in [3.63, 3.8) is 0 Å². The first-order valence-electron chi connectivity index (χ1n) is 56.4. The van der Waals surface area contributed by atoms with Gasteiger partial charge in [0.2, 0.25) is 0 Å². The fraction of sp³-hybridized carbons (Fsp3) is 0. The lowest BCUT2D eigenvalue weighted by Gasteiger charge is -2.18. The van der Waals surface area contributed by atoms with E-state index in [0.29, 0.717) is 53.6 Å². The van der Waals surface area contributed by atoms with Crippen molar-refractivity contribution in [3.8, 4) is 111 Å². The number of thiophene rings is 3. The maximum Gasteiger partial charge on any atom is 0.0638 e. The molecular formula is C120H76S3. The topological polar surface area (TPSA) is 0 Å². The molecule has 0 aliphatic carbocycles. The first-order chi connectivity index (χ1) is 75.2. The van der Waals surface area contributed by atoms with E-state index in [1.165, 1.54) is 61.5 Å². The molecule has 0 N–H and O–H groups in total. The Morgan fingerprint density at radius 2 is 0.423 bits per heavy atom. The predicted molar refractivity (Wildman–Crippen MR) is 537 cm³/mol. The highest BCUT2D eigenvalue weighted by Crippen LogP contribution is 2.50. The van der Waals surface area contributed by atoms with Gasteiger partial charge in [0.15, 0.2) is 0 Å². The molecule has 0 nitrogen and oxygen atoms in total. The molecule has 0 radical (unpaired) electrons. The van der Waals surface area contributed by atoms with Crippen molar-refractivity contribution < 1.29 is 46.6 Å². The molecule has 0 spiro atoms. The fourth-order valence-electron chi connectivity index (χ4n) is 16.8. The summed E-state index contributed by atoms with van der Waals surface area (Å²) in [5.41, 5.74) is 8.61. The average Bonchev–Trinajstić information content (AvgIpc) is 1.52. The molecule has 123 heavy (non-hydrogen) atoms. The molecule has 3 heterocycles. The van der Waals surface area contributed by atoms with E-state index >= 15 is 0 Å². The zero-order valence-corrected chi connectivity index (χ0v) is 66.9. The Balaban J connectivity index is 0.000000128. The highest BCUT2D eigenvalue weighted by Gasteiger charge is 2.22. The minimum absolute atomic E-state index is 0.0567. The average molecular weight is 1650 g/mol. The van der Waals surface area contributed by atoms with Gasteiger partial charge in [0.1, 0.15) is 0 Å². The van der Waals surface area contributed by atoms with Crippen molar-refractivity contribution in [1.29, 1.82) is 0 Å². The van der Waals surface area contributed by atoms with E-state index in [1.807, 2.05) is 140 Å². The van der Waals surface area contributed by atoms with Crippen LogP contribution >= 0.6 is 34.0 Å². The molecule has 574 valence electrons. The molecule has 0 atom stereocenters. The van der Waals surface area contributed by atoms with Crippen LogP contribution in [0.25, 0.3) is 236 Å². The molecule has 3 aromatic heterocycles. The zero-order valence-electron chi connectivity index (χ0n) is 98.5. The van der Waals surface area contributed by atoms with Crippen LogP contribution in [0.15, 0.2) is 460 Å². The molecule has 0 amide bonds. The van der Waals surface area contributed by atoms with E-state index in [1.54, 1.807) is 41.7 Å². The summed E-state index contributed by atoms with van der Waals surface area (Å²) in [5, 5.41) is 7.30. The minimum Gasteiger partial charge on any atom is -0.135 e. The lowest BCUT2D eigenvalue weighted by atomic mass is 9.86. The highest BCUT2D eigenvalue weighted by atomic mass is 32.1. The molecule has 0 aliphatic heterocycles. The Labute approximate surface area is 773 Å². The third-order valence-corrected chi connectivity index (χ3v) is 25.6. The van der Waals surface area contributed by atoms with E-state index in [2.05, 4.69) is 60.7 Å². The van der Waals surface area contributed by atoms with Gasteiger partial charge in [0.05, 0.1) is 46.6 Å². The van der Waals surface area contributed by atoms with Gasteiger partial charge >= 0.3 is 0 Å². The van der Waals surface area contributed by atoms with Crippen LogP contribution in [0, 0.1) is 0 Å². The van der Waals surface area contributed by atoms with E-state index in [-0.39, 0.29) is 177 Å². The summed E-state index contributed by atoms with van der Waals surface area (Å²) in [6.45, 7) is 0. The van der Waals surface area contributed by atoms with Crippen LogP contribution in [0.5, 0.6) is 0 Å². The fourth-order valence-corrected chi connectivity index (χ4v) is 19.9. The van der Waals surface area contributed by atoms with Gasteiger partial charge in [0.25, 0.3) is 0 Å². The second-order valence-electron chi connectivity index (χ2n) is 29.3. The van der Waals surface area contributed by atoms with Gasteiger partial charge in [-0.2, -0.15) is 0 Å². The zero-order chi connectivity index (χ0) is 111. The molecule has 0 saturated carbocycles. The van der Waals surface area contributed by atoms with Gasteiger partial charge in [-0.3, -0.25) is 0 Å². The van der Waals surface area contributed by atoms with E-state index < -0.39 is 126 Å². The molecule has 0 bridgehead atoms. The molecule has 0 fully saturated rings. The molecule has 25 aromatic rings. The first kappa shape index (κ1) is 46.0. The van der Waals surface area contributed by atoms with Crippen molar-refractivity contribution >= 4 is 159 Å². The summed E-state index contributed by atoms with van der Waals surface area (Å²) < 4.78 is 304. The van der Waals surface area contributed by atoms with Crippen LogP contribution in [0.1, 0.15) is 46.6 Å². The quantitative estimate of drug-likeness (QED) is 0.120. The second-order valence-corrected chi connectivity index (χ2v) is 32.4. The van der Waals surface area contributed by atoms with Gasteiger partial charge in [-0.05, 0) is 230 Å². The number of rotatable bonds is 10. The predicted octanol–water partition coefficient (Wildman–Crippen LogP) is 35.8. The second kappa shape index (κ2) is 31.3. The number of hydrogen-bond acceptors (Lipinski definition) is 3. The van der Waals surface area contributed by atoms with Crippen LogP contribution in [0.3, 0.4) is 0 Å². The van der Waals surface area contributed by atoms with Crippen molar-refractivity contribution in [2.24, 2.45) is 0 Å². The summed E-state index contributed by atoms with van der Waals surface area (Å²) in [5.74, 6) is 0. The molecular weight excluding hydrogens is 1540 g/mol. The highest BCUT2D eigenvalue weighted by molar-refractivity contribution is 7.26. The molecule has 3 heteroatoms. The number of benzene rings is 22. The summed E-state index contributed by atoms with van der Waals surface area (Å²) in [6.07, 6.45) is 0. The molecule has 22 aromatic carbocycles. The third kappa shape index (κ3) is 13.2. The summed E-state index contributed by atoms with van der Waals surface area (Å²) in [4.78, 5) is 0. The van der Waals surface area contributed by atoms with Crippen LogP contribution in [-0.4, -0.2) is 0 Å². The lowest BCUT2D eigenvalue weighted by Crippen LogP contribution is -1.90. The van der Waals surface area contributed by atoms with Crippen molar-refractivity contribution in [2.45, 2.75) is 0 Å². The molecule has 0 aliphatic rings. The summed E-state index contributed by atoms with van der Waals surface area (Å²) in [6, 6.07) is 65.6. The summed E-state index contributed by atoms with van der Waals surface area (Å²) in [7, 11) is 0. The lowest BCUT2D eigenvalue weighted by molar-refractivity contribution is 1.63. The van der Waals surface area contributed by atoms with Crippen LogP contribution in [-0.2, 0) is 0 Å². The van der Waals surface area contributed by atoms with Gasteiger partial charge < -0.3 is 0 Å². The third-order valence-electron chi connectivity index (χ3n) is 22.4. The van der Waals surface area contributed by atoms with Crippen molar-refractivity contribution in [3.05, 3.63) is 460 Å². The molecule has 0 saturated heterocycles. The Morgan fingerprint density at radius 1 is 0.130 bits per heavy atom. The summed E-state index contributed by atoms with van der Waals surface area (Å²) >= 11 is 4.09. The van der Waals surface area contributed by atoms with E-state index in [9.17, 15) is 6.85 Å². The van der Waals surface area contributed by atoms with E-state index in [4.69, 9.17) is 39.8 Å². The maximum absolute atomic E-state index is 9.33. The standard InChI is InChI=1S/C44H28S.2C38H24S/c1-3-11-29(12-4-1)34-23-25-35-40-27-33(24-26-41(40)45-42(35)28-34)30-19-21-32(22-20-30)44-38-17-9-7-15-36(38)43(31-13-5-2-6-14-31)37-16-8-10-18-39(37)44;2*1-2-10-26(11-3-1)37-30-13-4-6-15-32(30)38(33-16-7-5-14-31(33)37)27-20-18-25(19-21-27)28-22-23-36-34(24-28)29-12-8-9-17-35(29)39-36/h1-28H;2*1-24H/i7D,8D,9D,10D,15D,16D,17D,18D;1D,2D,3D,4D,5D,6D,7D,8D,9D,10D,11D,12D,13D,14D,15D,16D,17D,22D,23D;18D,19D,20D,21D,22D,23D,24D. The molecule has 25 rings (SSSR count). The largest absolute Gasteiger partial charge is 0.135 e. The van der Waals surface area contributed by atoms with Gasteiger partial charge in [-0.25, -0.2) is 0 Å². The van der Waals surface area contributed by atoms with Gasteiger partial charge in [-0.1, -0.05) is 406 Å². The Morgan fingerprint density at radius 3 is 0.951 bits per heavy atom. The first-order valence-corrected chi connectivity index (χ1v) is 41.8. The van der Waals surface area contributed by atoms with Crippen molar-refractivity contribution in [2.75, 3.05) is 0 Å². The van der Waals surface area contributed by atoms with Crippen LogP contribution < -0.4 is 0 Å². The monoisotopic (exact) mass is 1650 g/mol. The van der Waals surface area contributed by atoms with Gasteiger partial charge in [0, 0.05) is 60.5 Å². The maximum atomic E-state index is 9.33. The Hall–Kier alpha value is -14.9. The number of hydrogen-bond donors (Lipinski definition) is 0. The van der Waals surface area contributed by atoms with Crippen molar-refractivity contribution in [1.82, 2.24) is 0 Å². The van der Waals surface area contributed by atoms with Crippen LogP contribution in [0.2, 0.25) is 0 Å². The minimum atomic E-state index is -0.766. The van der Waals surface area contributed by atoms with Crippen LogP contribution in [0.4, 0.5) is 0 Å². The van der Waals surface area contributed by atoms with Gasteiger partial charge in [-0.15, -0.1) is 34.0 Å². The van der Waals surface area contributed by atoms with E-state index in [0.717, 1.165) is 70.6 Å². The SMILES string of the molecule is [2H]c1c([2H])c(-c2c3ccccc3c(-c3ccccc3)c3ccccc23)c([2H])c([2H])c1-c1c([2H])c([2H])c2sc3ccccc3c2c1[2H].[2H]c1c([2H])c([2H])c(-c2c3c([2H])c([2H])c([2H])c([2H])c3c(-c3ccc(-c4cc5c(sc6c([2H])c([2H])c([2H])c([2H])c65)c([2H])c4[2H])cc3)c3c([2H])c([2H])c([2H])c([2H])c23)c([2H])c1[2H].[2H]c1c([2H])c([2H])c2c(-c3ccc(-c4ccc5sc6cc(-c7ccccc7)ccc6c5c4)cc3)c3c([2H])c([2H])c([2H])c([2H])c3c(-c3ccccc3)c2c1[2H]. The Bertz CT molecular complexity index is 10300. The smallest absolute Gasteiger partial charge is 0.0638 e. The Kier molecular flexibility index (Phi) is 11.7. The normalized spacial score (nSPS) is 15.4. The number of fused-ring (bicyclic) bond motifs is 15. The molecule has 0 unspecified atom stereocenters.